The van der Waals surface area contributed by atoms with Crippen LogP contribution in [0.4, 0.5) is 0 Å². The molecule has 0 aromatic heterocycles. The fourth-order valence-electron chi connectivity index (χ4n) is 2.32. The van der Waals surface area contributed by atoms with Crippen LogP contribution >= 0.6 is 24.0 Å². The van der Waals surface area contributed by atoms with E-state index in [2.05, 4.69) is 5.32 Å². The number of amides is 1. The molecule has 1 fully saturated rings. The van der Waals surface area contributed by atoms with E-state index in [1.54, 1.807) is 4.90 Å². The SMILES string of the molecule is CN(Cc1cccc(Cl)c1)C(=O)[C@@H]1CCCCN1.Cl. The van der Waals surface area contributed by atoms with Gasteiger partial charge in [0.25, 0.3) is 0 Å². The van der Waals surface area contributed by atoms with Gasteiger partial charge in [-0.25, -0.2) is 0 Å². The Kier molecular flexibility index (Phi) is 6.63. The van der Waals surface area contributed by atoms with E-state index in [-0.39, 0.29) is 24.4 Å². The van der Waals surface area contributed by atoms with E-state index in [4.69, 9.17) is 11.6 Å². The molecule has 19 heavy (non-hydrogen) atoms. The van der Waals surface area contributed by atoms with E-state index >= 15 is 0 Å². The first-order valence-electron chi connectivity index (χ1n) is 6.39. The summed E-state index contributed by atoms with van der Waals surface area (Å²) in [5, 5.41) is 3.99. The molecule has 1 aromatic carbocycles. The molecule has 106 valence electrons. The van der Waals surface area contributed by atoms with Gasteiger partial charge in [-0.05, 0) is 37.1 Å². The molecule has 2 rings (SSSR count). The molecule has 5 heteroatoms. The number of nitrogens with zero attached hydrogens (tertiary/aromatic N) is 1. The van der Waals surface area contributed by atoms with Gasteiger partial charge in [0.2, 0.25) is 5.91 Å². The standard InChI is InChI=1S/C14H19ClN2O.ClH/c1-17(10-11-5-4-6-12(15)9-11)14(18)13-7-2-3-8-16-13;/h4-6,9,13,16H,2-3,7-8,10H2,1H3;1H/t13-;/m0./s1. The normalized spacial score (nSPS) is 18.5. The Morgan fingerprint density at radius 2 is 2.26 bits per heavy atom. The Bertz CT molecular complexity index is 420. The van der Waals surface area contributed by atoms with Crippen molar-refractivity contribution in [3.8, 4) is 0 Å². The lowest BCUT2D eigenvalue weighted by atomic mass is 10.0. The Hall–Kier alpha value is -0.770. The van der Waals surface area contributed by atoms with Gasteiger partial charge in [-0.15, -0.1) is 12.4 Å². The van der Waals surface area contributed by atoms with E-state index < -0.39 is 0 Å². The average molecular weight is 303 g/mol. The number of halogens is 2. The molecular weight excluding hydrogens is 283 g/mol. The number of nitrogens with one attached hydrogen (secondary N) is 1. The second kappa shape index (κ2) is 7.73. The van der Waals surface area contributed by atoms with Crippen LogP contribution in [0.5, 0.6) is 0 Å². The zero-order valence-electron chi connectivity index (χ0n) is 11.1. The van der Waals surface area contributed by atoms with Crippen LogP contribution in [0, 0.1) is 0 Å². The number of hydrogen-bond donors (Lipinski definition) is 1. The van der Waals surface area contributed by atoms with Crippen molar-refractivity contribution in [2.75, 3.05) is 13.6 Å². The third-order valence-electron chi connectivity index (χ3n) is 3.29. The minimum atomic E-state index is -0.0112. The molecule has 0 bridgehead atoms. The van der Waals surface area contributed by atoms with Gasteiger partial charge in [0.1, 0.15) is 0 Å². The zero-order valence-corrected chi connectivity index (χ0v) is 12.6. The molecule has 0 spiro atoms. The average Bonchev–Trinajstić information content (AvgIpc) is 2.39. The predicted molar refractivity (Wildman–Crippen MR) is 80.8 cm³/mol. The van der Waals surface area contributed by atoms with Crippen LogP contribution in [-0.4, -0.2) is 30.4 Å². The van der Waals surface area contributed by atoms with E-state index in [0.29, 0.717) is 11.6 Å². The fourth-order valence-corrected chi connectivity index (χ4v) is 2.53. The van der Waals surface area contributed by atoms with E-state index in [9.17, 15) is 4.79 Å². The molecule has 1 aromatic rings. The van der Waals surface area contributed by atoms with Crippen molar-refractivity contribution < 1.29 is 4.79 Å². The number of benzene rings is 1. The van der Waals surface area contributed by atoms with Crippen LogP contribution < -0.4 is 5.32 Å². The number of piperidine rings is 1. The third kappa shape index (κ3) is 4.68. The molecule has 0 radical (unpaired) electrons. The smallest absolute Gasteiger partial charge is 0.239 e. The zero-order chi connectivity index (χ0) is 13.0. The van der Waals surface area contributed by atoms with Crippen molar-refractivity contribution in [3.05, 3.63) is 34.9 Å². The molecule has 1 amide bonds. The summed E-state index contributed by atoms with van der Waals surface area (Å²) in [5.41, 5.74) is 1.06. The number of carbonyl (C=O) groups is 1. The van der Waals surface area contributed by atoms with Crippen LogP contribution in [0.2, 0.25) is 5.02 Å². The van der Waals surface area contributed by atoms with Crippen LogP contribution in [0.25, 0.3) is 0 Å². The Balaban J connectivity index is 0.00000180. The van der Waals surface area contributed by atoms with Crippen molar-refractivity contribution in [2.45, 2.75) is 31.8 Å². The van der Waals surface area contributed by atoms with Crippen molar-refractivity contribution >= 4 is 29.9 Å². The van der Waals surface area contributed by atoms with Gasteiger partial charge in [-0.3, -0.25) is 4.79 Å². The predicted octanol–water partition coefficient (Wildman–Crippen LogP) is 2.86. The number of carbonyl (C=O) groups excluding carboxylic acids is 1. The van der Waals surface area contributed by atoms with Gasteiger partial charge in [-0.2, -0.15) is 0 Å². The van der Waals surface area contributed by atoms with Gasteiger partial charge in [-0.1, -0.05) is 30.2 Å². The number of likely N-dealkylation sites (N-methyl/N-ethyl adjacent to an activating group) is 1. The summed E-state index contributed by atoms with van der Waals surface area (Å²) in [7, 11) is 1.85. The Morgan fingerprint density at radius 3 is 2.89 bits per heavy atom. The molecule has 1 heterocycles. The first-order chi connectivity index (χ1) is 8.66. The fraction of sp³-hybridized carbons (Fsp3) is 0.500. The quantitative estimate of drug-likeness (QED) is 0.931. The molecular formula is C14H20Cl2N2O. The summed E-state index contributed by atoms with van der Waals surface area (Å²) in [4.78, 5) is 14.0. The summed E-state index contributed by atoms with van der Waals surface area (Å²) < 4.78 is 0. The van der Waals surface area contributed by atoms with Crippen molar-refractivity contribution in [3.63, 3.8) is 0 Å². The Morgan fingerprint density at radius 1 is 1.47 bits per heavy atom. The second-order valence-electron chi connectivity index (χ2n) is 4.83. The van der Waals surface area contributed by atoms with Crippen LogP contribution in [0.15, 0.2) is 24.3 Å². The highest BCUT2D eigenvalue weighted by Gasteiger charge is 2.23. The molecule has 1 aliphatic heterocycles. The lowest BCUT2D eigenvalue weighted by molar-refractivity contribution is -0.133. The summed E-state index contributed by atoms with van der Waals surface area (Å²) in [6.07, 6.45) is 3.24. The van der Waals surface area contributed by atoms with Gasteiger partial charge in [0.15, 0.2) is 0 Å². The van der Waals surface area contributed by atoms with E-state index in [1.807, 2.05) is 31.3 Å². The van der Waals surface area contributed by atoms with Crippen molar-refractivity contribution in [2.24, 2.45) is 0 Å². The van der Waals surface area contributed by atoms with Gasteiger partial charge >= 0.3 is 0 Å². The largest absolute Gasteiger partial charge is 0.340 e. The van der Waals surface area contributed by atoms with E-state index in [1.165, 1.54) is 6.42 Å². The number of rotatable bonds is 3. The van der Waals surface area contributed by atoms with Crippen LogP contribution in [-0.2, 0) is 11.3 Å². The van der Waals surface area contributed by atoms with Crippen molar-refractivity contribution in [1.29, 1.82) is 0 Å². The molecule has 1 N–H and O–H groups in total. The molecule has 0 unspecified atom stereocenters. The minimum Gasteiger partial charge on any atom is -0.340 e. The second-order valence-corrected chi connectivity index (χ2v) is 5.26. The molecule has 1 aliphatic rings. The lowest BCUT2D eigenvalue weighted by Gasteiger charge is -2.27. The molecule has 3 nitrogen and oxygen atoms in total. The molecule has 0 aliphatic carbocycles. The van der Waals surface area contributed by atoms with Crippen LogP contribution in [0.3, 0.4) is 0 Å². The van der Waals surface area contributed by atoms with Gasteiger partial charge < -0.3 is 10.2 Å². The molecule has 1 saturated heterocycles. The van der Waals surface area contributed by atoms with Gasteiger partial charge in [0, 0.05) is 18.6 Å². The summed E-state index contributed by atoms with van der Waals surface area (Å²) in [6, 6.07) is 7.64. The maximum atomic E-state index is 12.2. The summed E-state index contributed by atoms with van der Waals surface area (Å²) in [5.74, 6) is 0.176. The molecule has 1 atom stereocenters. The van der Waals surface area contributed by atoms with Gasteiger partial charge in [0.05, 0.1) is 6.04 Å². The molecule has 0 saturated carbocycles. The monoisotopic (exact) mass is 302 g/mol. The summed E-state index contributed by atoms with van der Waals surface area (Å²) >= 11 is 5.94. The van der Waals surface area contributed by atoms with Crippen LogP contribution in [0.1, 0.15) is 24.8 Å². The van der Waals surface area contributed by atoms with E-state index in [0.717, 1.165) is 24.9 Å². The first-order valence-corrected chi connectivity index (χ1v) is 6.77. The first kappa shape index (κ1) is 16.3. The number of hydrogen-bond acceptors (Lipinski definition) is 2. The highest BCUT2D eigenvalue weighted by Crippen LogP contribution is 2.14. The minimum absolute atomic E-state index is 0. The summed E-state index contributed by atoms with van der Waals surface area (Å²) in [6.45, 7) is 1.55. The topological polar surface area (TPSA) is 32.3 Å². The lowest BCUT2D eigenvalue weighted by Crippen LogP contribution is -2.46. The highest BCUT2D eigenvalue weighted by atomic mass is 35.5. The Labute approximate surface area is 125 Å². The maximum Gasteiger partial charge on any atom is 0.239 e. The third-order valence-corrected chi connectivity index (χ3v) is 3.53. The van der Waals surface area contributed by atoms with Crippen molar-refractivity contribution in [1.82, 2.24) is 10.2 Å². The highest BCUT2D eigenvalue weighted by molar-refractivity contribution is 6.30. The maximum absolute atomic E-state index is 12.2.